The van der Waals surface area contributed by atoms with Crippen LogP contribution in [-0.4, -0.2) is 40.5 Å². The summed E-state index contributed by atoms with van der Waals surface area (Å²) in [6, 6.07) is 0. The Bertz CT molecular complexity index is 324. The molecule has 1 saturated heterocycles. The van der Waals surface area contributed by atoms with Gasteiger partial charge in [-0.05, 0) is 0 Å². The Labute approximate surface area is 80.8 Å². The SMILES string of the molecule is O=C(c1cnccn1)N1CC(CF)C1. The maximum Gasteiger partial charge on any atom is 0.274 e. The quantitative estimate of drug-likeness (QED) is 0.691. The predicted molar refractivity (Wildman–Crippen MR) is 47.4 cm³/mol. The molecule has 2 rings (SSSR count). The largest absolute Gasteiger partial charge is 0.336 e. The van der Waals surface area contributed by atoms with E-state index < -0.39 is 0 Å². The fourth-order valence-corrected chi connectivity index (χ4v) is 1.40. The zero-order chi connectivity index (χ0) is 9.97. The number of halogens is 1. The van der Waals surface area contributed by atoms with Gasteiger partial charge in [0.05, 0.1) is 12.9 Å². The van der Waals surface area contributed by atoms with E-state index in [1.807, 2.05) is 0 Å². The molecule has 4 nitrogen and oxygen atoms in total. The van der Waals surface area contributed by atoms with Crippen LogP contribution in [0.3, 0.4) is 0 Å². The Kier molecular flexibility index (Phi) is 2.39. The van der Waals surface area contributed by atoms with Crippen LogP contribution in [-0.2, 0) is 0 Å². The smallest absolute Gasteiger partial charge is 0.274 e. The Balaban J connectivity index is 1.98. The topological polar surface area (TPSA) is 46.1 Å². The maximum absolute atomic E-state index is 12.1. The molecular formula is C9H10FN3O. The fourth-order valence-electron chi connectivity index (χ4n) is 1.40. The highest BCUT2D eigenvalue weighted by molar-refractivity contribution is 5.92. The number of carbonyl (C=O) groups excluding carboxylic acids is 1. The zero-order valence-electron chi connectivity index (χ0n) is 7.56. The van der Waals surface area contributed by atoms with Crippen molar-refractivity contribution in [3.05, 3.63) is 24.3 Å². The van der Waals surface area contributed by atoms with Gasteiger partial charge in [0, 0.05) is 31.4 Å². The molecule has 1 amide bonds. The van der Waals surface area contributed by atoms with Crippen LogP contribution in [0.25, 0.3) is 0 Å². The van der Waals surface area contributed by atoms with Crippen molar-refractivity contribution in [3.63, 3.8) is 0 Å². The molecule has 0 aliphatic carbocycles. The van der Waals surface area contributed by atoms with Gasteiger partial charge in [0.25, 0.3) is 5.91 Å². The average molecular weight is 195 g/mol. The molecule has 2 heterocycles. The summed E-state index contributed by atoms with van der Waals surface area (Å²) in [5.74, 6) is -0.154. The molecule has 0 bridgehead atoms. The number of rotatable bonds is 2. The van der Waals surface area contributed by atoms with Gasteiger partial charge in [-0.1, -0.05) is 0 Å². The maximum atomic E-state index is 12.1. The zero-order valence-corrected chi connectivity index (χ0v) is 7.56. The summed E-state index contributed by atoms with van der Waals surface area (Å²) in [5.41, 5.74) is 0.324. The van der Waals surface area contributed by atoms with E-state index >= 15 is 0 Å². The lowest BCUT2D eigenvalue weighted by atomic mass is 10.0. The molecule has 1 aromatic rings. The molecule has 0 atom stereocenters. The molecule has 1 fully saturated rings. The third-order valence-corrected chi connectivity index (χ3v) is 2.24. The van der Waals surface area contributed by atoms with Gasteiger partial charge >= 0.3 is 0 Å². The van der Waals surface area contributed by atoms with Crippen LogP contribution >= 0.6 is 0 Å². The van der Waals surface area contributed by atoms with Gasteiger partial charge in [0.2, 0.25) is 0 Å². The Morgan fingerprint density at radius 3 is 2.93 bits per heavy atom. The Morgan fingerprint density at radius 1 is 1.57 bits per heavy atom. The summed E-state index contributed by atoms with van der Waals surface area (Å²) in [6.45, 7) is 0.627. The lowest BCUT2D eigenvalue weighted by Crippen LogP contribution is -2.51. The van der Waals surface area contributed by atoms with Gasteiger partial charge in [0.1, 0.15) is 5.69 Å². The summed E-state index contributed by atoms with van der Waals surface area (Å²) in [6.07, 6.45) is 4.40. The van der Waals surface area contributed by atoms with Crippen LogP contribution in [0.15, 0.2) is 18.6 Å². The fraction of sp³-hybridized carbons (Fsp3) is 0.444. The molecule has 1 aliphatic rings. The average Bonchev–Trinajstić information content (AvgIpc) is 2.17. The molecule has 0 saturated carbocycles. The Morgan fingerprint density at radius 2 is 2.36 bits per heavy atom. The molecule has 0 radical (unpaired) electrons. The van der Waals surface area contributed by atoms with Crippen LogP contribution < -0.4 is 0 Å². The van der Waals surface area contributed by atoms with E-state index in [2.05, 4.69) is 9.97 Å². The number of aromatic nitrogens is 2. The van der Waals surface area contributed by atoms with Crippen molar-refractivity contribution in [2.45, 2.75) is 0 Å². The highest BCUT2D eigenvalue weighted by Crippen LogP contribution is 2.17. The van der Waals surface area contributed by atoms with E-state index in [0.29, 0.717) is 18.8 Å². The standard InChI is InChI=1S/C9H10FN3O/c10-3-7-5-13(6-7)9(14)8-4-11-1-2-12-8/h1-2,4,7H,3,5-6H2. The van der Waals surface area contributed by atoms with E-state index in [4.69, 9.17) is 0 Å². The minimum absolute atomic E-state index is 0.00983. The van der Waals surface area contributed by atoms with Gasteiger partial charge in [-0.25, -0.2) is 4.98 Å². The molecule has 1 aromatic heterocycles. The van der Waals surface area contributed by atoms with Crippen molar-refractivity contribution in [3.8, 4) is 0 Å². The van der Waals surface area contributed by atoms with Crippen molar-refractivity contribution in [2.24, 2.45) is 5.92 Å². The number of amides is 1. The van der Waals surface area contributed by atoms with Gasteiger partial charge < -0.3 is 4.90 Å². The second kappa shape index (κ2) is 3.69. The molecule has 0 aromatic carbocycles. The molecule has 1 aliphatic heterocycles. The molecule has 0 unspecified atom stereocenters. The second-order valence-corrected chi connectivity index (χ2v) is 3.32. The van der Waals surface area contributed by atoms with Crippen molar-refractivity contribution < 1.29 is 9.18 Å². The third-order valence-electron chi connectivity index (χ3n) is 2.24. The first-order valence-electron chi connectivity index (χ1n) is 4.42. The van der Waals surface area contributed by atoms with Crippen LogP contribution in [0.4, 0.5) is 4.39 Å². The van der Waals surface area contributed by atoms with E-state index in [1.54, 1.807) is 4.90 Å². The summed E-state index contributed by atoms with van der Waals surface area (Å²) in [4.78, 5) is 20.9. The third kappa shape index (κ3) is 1.57. The summed E-state index contributed by atoms with van der Waals surface area (Å²) in [5, 5.41) is 0. The van der Waals surface area contributed by atoms with Gasteiger partial charge in [-0.2, -0.15) is 0 Å². The van der Waals surface area contributed by atoms with Crippen LogP contribution in [0.2, 0.25) is 0 Å². The molecule has 0 N–H and O–H groups in total. The van der Waals surface area contributed by atoms with Gasteiger partial charge in [0.15, 0.2) is 0 Å². The number of hydrogen-bond acceptors (Lipinski definition) is 3. The number of likely N-dealkylation sites (tertiary alicyclic amines) is 1. The van der Waals surface area contributed by atoms with Crippen molar-refractivity contribution in [2.75, 3.05) is 19.8 Å². The normalized spacial score (nSPS) is 16.5. The first kappa shape index (κ1) is 9.05. The Hall–Kier alpha value is -1.52. The van der Waals surface area contributed by atoms with Crippen LogP contribution in [0, 0.1) is 5.92 Å². The van der Waals surface area contributed by atoms with Gasteiger partial charge in [-0.15, -0.1) is 0 Å². The van der Waals surface area contributed by atoms with E-state index in [0.717, 1.165) is 0 Å². The summed E-state index contributed by atoms with van der Waals surface area (Å²) >= 11 is 0. The number of nitrogens with zero attached hydrogens (tertiary/aromatic N) is 3. The molecule has 74 valence electrons. The van der Waals surface area contributed by atoms with E-state index in [9.17, 15) is 9.18 Å². The van der Waals surface area contributed by atoms with E-state index in [1.165, 1.54) is 18.6 Å². The molecular weight excluding hydrogens is 185 g/mol. The lowest BCUT2D eigenvalue weighted by molar-refractivity contribution is 0.0446. The molecule has 14 heavy (non-hydrogen) atoms. The van der Waals surface area contributed by atoms with Crippen LogP contribution in [0.5, 0.6) is 0 Å². The summed E-state index contributed by atoms with van der Waals surface area (Å²) in [7, 11) is 0. The highest BCUT2D eigenvalue weighted by Gasteiger charge is 2.31. The number of carbonyl (C=O) groups is 1. The monoisotopic (exact) mass is 195 g/mol. The molecule has 5 heteroatoms. The van der Waals surface area contributed by atoms with Crippen molar-refractivity contribution >= 4 is 5.91 Å². The number of alkyl halides is 1. The van der Waals surface area contributed by atoms with Crippen molar-refractivity contribution in [1.29, 1.82) is 0 Å². The first-order valence-corrected chi connectivity index (χ1v) is 4.42. The predicted octanol–water partition coefficient (Wildman–Crippen LogP) is 0.518. The van der Waals surface area contributed by atoms with Crippen LogP contribution in [0.1, 0.15) is 10.5 Å². The number of hydrogen-bond donors (Lipinski definition) is 0. The molecule has 0 spiro atoms. The lowest BCUT2D eigenvalue weighted by Gasteiger charge is -2.37. The van der Waals surface area contributed by atoms with E-state index in [-0.39, 0.29) is 18.5 Å². The van der Waals surface area contributed by atoms with Crippen molar-refractivity contribution in [1.82, 2.24) is 14.9 Å². The minimum atomic E-state index is -0.357. The summed E-state index contributed by atoms with van der Waals surface area (Å²) < 4.78 is 12.1. The van der Waals surface area contributed by atoms with Gasteiger partial charge in [-0.3, -0.25) is 14.2 Å². The second-order valence-electron chi connectivity index (χ2n) is 3.32. The highest BCUT2D eigenvalue weighted by atomic mass is 19.1. The minimum Gasteiger partial charge on any atom is -0.336 e. The first-order chi connectivity index (χ1) is 6.81.